The SMILES string of the molecule is COC1/C(C)=C/C=C/C(C)C(C(C)(O)/C=C(\C)Cc2csc(C3(C)OC3C)n2)OC(=O)C(C)(OC(=O)C(C)C(C)O)CCC(C)CC(O)C(C)C(=O)C(C)/C=C/CC(C)C(O)C1O. The average molecular weight is 904 g/mol. The summed E-state index contributed by atoms with van der Waals surface area (Å²) < 4.78 is 23.6. The van der Waals surface area contributed by atoms with Gasteiger partial charge in [0.25, 0.3) is 0 Å². The number of rotatable bonds is 9. The maximum atomic E-state index is 14.6. The summed E-state index contributed by atoms with van der Waals surface area (Å²) >= 11 is 1.51. The van der Waals surface area contributed by atoms with Gasteiger partial charge in [0.05, 0.1) is 36.0 Å². The van der Waals surface area contributed by atoms with E-state index in [2.05, 4.69) is 0 Å². The highest BCUT2D eigenvalue weighted by atomic mass is 32.1. The Hall–Kier alpha value is -3.08. The zero-order valence-electron chi connectivity index (χ0n) is 40.0. The molecular weight excluding hydrogens is 827 g/mol. The van der Waals surface area contributed by atoms with Crippen LogP contribution >= 0.6 is 11.3 Å². The van der Waals surface area contributed by atoms with Gasteiger partial charge in [0.1, 0.15) is 40.3 Å². The molecule has 16 unspecified atom stereocenters. The normalized spacial score (nSPS) is 38.7. The molecule has 5 N–H and O–H groups in total. The molecule has 2 aliphatic heterocycles. The Morgan fingerprint density at radius 2 is 1.71 bits per heavy atom. The van der Waals surface area contributed by atoms with Crippen molar-refractivity contribution in [3.63, 3.8) is 0 Å². The Labute approximate surface area is 379 Å². The van der Waals surface area contributed by atoms with Crippen LogP contribution < -0.4 is 0 Å². The van der Waals surface area contributed by atoms with E-state index in [0.717, 1.165) is 16.3 Å². The van der Waals surface area contributed by atoms with E-state index in [9.17, 15) is 39.9 Å². The monoisotopic (exact) mass is 904 g/mol. The van der Waals surface area contributed by atoms with Crippen molar-refractivity contribution in [3.05, 3.63) is 63.7 Å². The number of esters is 2. The summed E-state index contributed by atoms with van der Waals surface area (Å²) in [6, 6.07) is 0. The van der Waals surface area contributed by atoms with Crippen molar-refractivity contribution in [3.8, 4) is 0 Å². The fraction of sp³-hybridized carbons (Fsp3) is 0.714. The number of epoxide rings is 1. The second kappa shape index (κ2) is 22.9. The van der Waals surface area contributed by atoms with E-state index in [1.54, 1.807) is 78.0 Å². The molecule has 0 spiro atoms. The fourth-order valence-electron chi connectivity index (χ4n) is 8.08. The number of allylic oxidation sites excluding steroid dienone is 5. The number of Topliss-reactive ketones (excluding diaryl/α,β-unsaturated/α-hetero) is 1. The number of carbonyl (C=O) groups is 3. The molecular formula is C49H77NO12S. The number of hydrogen-bond acceptors (Lipinski definition) is 14. The first-order chi connectivity index (χ1) is 29.2. The molecule has 356 valence electrons. The minimum Gasteiger partial charge on any atom is -0.455 e. The van der Waals surface area contributed by atoms with Gasteiger partial charge in [-0.3, -0.25) is 9.59 Å². The van der Waals surface area contributed by atoms with Gasteiger partial charge in [-0.1, -0.05) is 76.6 Å². The summed E-state index contributed by atoms with van der Waals surface area (Å²) in [5.41, 5.74) is -1.92. The van der Waals surface area contributed by atoms with Gasteiger partial charge in [-0.2, -0.15) is 0 Å². The number of nitrogens with zero attached hydrogens (tertiary/aromatic N) is 1. The summed E-state index contributed by atoms with van der Waals surface area (Å²) in [6.45, 7) is 22.4. The number of carbonyl (C=O) groups excluding carboxylic acids is 3. The maximum absolute atomic E-state index is 14.6. The molecule has 63 heavy (non-hydrogen) atoms. The van der Waals surface area contributed by atoms with Crippen molar-refractivity contribution >= 4 is 29.1 Å². The number of hydrogen-bond donors (Lipinski definition) is 5. The smallest absolute Gasteiger partial charge is 0.350 e. The molecule has 2 aliphatic rings. The molecule has 0 aromatic carbocycles. The molecule has 1 saturated heterocycles. The van der Waals surface area contributed by atoms with Crippen LogP contribution in [0.4, 0.5) is 0 Å². The van der Waals surface area contributed by atoms with Crippen LogP contribution in [-0.4, -0.2) is 109 Å². The standard InChI is InChI=1S/C49H77NO12S/c1-27-21-22-48(12,62-44(56)33(7)35(9)51)46(57)60-43(47(11,58)25-28(2)23-37-26-63-45(50-37)49(13)36(10)61-49)32(6)20-16-19-31(5)42(59-14)41(55)40(54)30(4)18-15-17-29(3)39(53)34(8)38(52)24-27/h15-17,19-20,25-27,29-30,32-36,38,40-43,51-52,54-55,58H,18,21-24H2,1-14H3/b17-15+,20-16+,28-25+,31-19+. The third kappa shape index (κ3) is 14.5. The fourth-order valence-corrected chi connectivity index (χ4v) is 9.08. The van der Waals surface area contributed by atoms with Crippen LogP contribution in [0.3, 0.4) is 0 Å². The predicted octanol–water partition coefficient (Wildman–Crippen LogP) is 6.73. The number of aliphatic hydroxyl groups excluding tert-OH is 4. The highest BCUT2D eigenvalue weighted by Crippen LogP contribution is 2.46. The van der Waals surface area contributed by atoms with Crippen LogP contribution in [0.1, 0.15) is 126 Å². The van der Waals surface area contributed by atoms with E-state index in [1.807, 2.05) is 33.1 Å². The molecule has 3 rings (SSSR count). The Bertz CT molecular complexity index is 1820. The van der Waals surface area contributed by atoms with E-state index in [0.29, 0.717) is 24.8 Å². The highest BCUT2D eigenvalue weighted by molar-refractivity contribution is 7.09. The molecule has 0 radical (unpaired) electrons. The van der Waals surface area contributed by atoms with Crippen molar-refractivity contribution in [1.29, 1.82) is 0 Å². The number of aromatic nitrogens is 1. The van der Waals surface area contributed by atoms with Crippen molar-refractivity contribution in [2.45, 2.75) is 182 Å². The van der Waals surface area contributed by atoms with Crippen LogP contribution in [0.15, 0.2) is 53.0 Å². The van der Waals surface area contributed by atoms with Gasteiger partial charge in [0, 0.05) is 36.7 Å². The number of ether oxygens (including phenoxy) is 4. The lowest BCUT2D eigenvalue weighted by atomic mass is 9.84. The molecule has 1 aromatic rings. The molecule has 14 heteroatoms. The van der Waals surface area contributed by atoms with Crippen molar-refractivity contribution in [1.82, 2.24) is 4.98 Å². The van der Waals surface area contributed by atoms with Gasteiger partial charge >= 0.3 is 11.9 Å². The largest absolute Gasteiger partial charge is 0.455 e. The highest BCUT2D eigenvalue weighted by Gasteiger charge is 2.53. The first-order valence-electron chi connectivity index (χ1n) is 22.5. The molecule has 16 atom stereocenters. The number of ketones is 1. The predicted molar refractivity (Wildman–Crippen MR) is 243 cm³/mol. The molecule has 0 aliphatic carbocycles. The third-order valence-corrected chi connectivity index (χ3v) is 14.3. The van der Waals surface area contributed by atoms with Crippen molar-refractivity contribution in [2.24, 2.45) is 35.5 Å². The Morgan fingerprint density at radius 1 is 1.08 bits per heavy atom. The van der Waals surface area contributed by atoms with Gasteiger partial charge in [-0.25, -0.2) is 9.78 Å². The van der Waals surface area contributed by atoms with Crippen molar-refractivity contribution in [2.75, 3.05) is 7.11 Å². The summed E-state index contributed by atoms with van der Waals surface area (Å²) in [4.78, 5) is 46.2. The number of methoxy groups -OCH3 is 1. The minimum absolute atomic E-state index is 0.0203. The Morgan fingerprint density at radius 3 is 2.30 bits per heavy atom. The molecule has 1 aromatic heterocycles. The summed E-state index contributed by atoms with van der Waals surface area (Å²) in [5, 5.41) is 59.1. The van der Waals surface area contributed by atoms with Crippen LogP contribution in [0.5, 0.6) is 0 Å². The molecule has 1 fully saturated rings. The third-order valence-electron chi connectivity index (χ3n) is 13.1. The van der Waals surface area contributed by atoms with Gasteiger partial charge in [-0.05, 0) is 98.5 Å². The zero-order chi connectivity index (χ0) is 47.8. The zero-order valence-corrected chi connectivity index (χ0v) is 40.8. The van der Waals surface area contributed by atoms with E-state index in [4.69, 9.17) is 23.9 Å². The van der Waals surface area contributed by atoms with E-state index < -0.39 is 89.0 Å². The second-order valence-corrected chi connectivity index (χ2v) is 20.1. The number of thiazole rings is 1. The second-order valence-electron chi connectivity index (χ2n) is 19.3. The number of cyclic esters (lactones) is 1. The number of aliphatic hydroxyl groups is 5. The lowest BCUT2D eigenvalue weighted by Gasteiger charge is -2.37. The van der Waals surface area contributed by atoms with E-state index >= 15 is 0 Å². The van der Waals surface area contributed by atoms with Crippen LogP contribution in [0.2, 0.25) is 0 Å². The Kier molecular flexibility index (Phi) is 19.7. The molecule has 3 heterocycles. The molecule has 13 nitrogen and oxygen atoms in total. The molecule has 0 amide bonds. The van der Waals surface area contributed by atoms with E-state index in [1.165, 1.54) is 39.2 Å². The van der Waals surface area contributed by atoms with E-state index in [-0.39, 0.29) is 36.6 Å². The van der Waals surface area contributed by atoms with Gasteiger partial charge in [0.2, 0.25) is 5.60 Å². The molecule has 0 bridgehead atoms. The first-order valence-corrected chi connectivity index (χ1v) is 23.3. The van der Waals surface area contributed by atoms with Crippen LogP contribution in [0, 0.1) is 35.5 Å². The lowest BCUT2D eigenvalue weighted by Crippen LogP contribution is -2.51. The van der Waals surface area contributed by atoms with Gasteiger partial charge in [-0.15, -0.1) is 11.3 Å². The molecule has 0 saturated carbocycles. The van der Waals surface area contributed by atoms with Gasteiger partial charge < -0.3 is 44.5 Å². The topological polar surface area (TPSA) is 205 Å². The van der Waals surface area contributed by atoms with Crippen LogP contribution in [0.25, 0.3) is 0 Å². The van der Waals surface area contributed by atoms with Crippen LogP contribution in [-0.2, 0) is 45.4 Å². The summed E-state index contributed by atoms with van der Waals surface area (Å²) in [5.74, 6) is -5.38. The Balaban J connectivity index is 2.11. The van der Waals surface area contributed by atoms with Crippen molar-refractivity contribution < 1.29 is 58.9 Å². The van der Waals surface area contributed by atoms with Gasteiger partial charge in [0.15, 0.2) is 0 Å². The quantitative estimate of drug-likeness (QED) is 0.0993. The summed E-state index contributed by atoms with van der Waals surface area (Å²) in [6.07, 6.45) is 5.06. The average Bonchev–Trinajstić information content (AvgIpc) is 3.56. The first kappa shape index (κ1) is 54.3. The maximum Gasteiger partial charge on any atom is 0.350 e. The lowest BCUT2D eigenvalue weighted by molar-refractivity contribution is -0.197. The minimum atomic E-state index is -1.88. The summed E-state index contributed by atoms with van der Waals surface area (Å²) in [7, 11) is 1.44.